The van der Waals surface area contributed by atoms with E-state index >= 15 is 0 Å². The van der Waals surface area contributed by atoms with Gasteiger partial charge in [-0.1, -0.05) is 12.1 Å². The first kappa shape index (κ1) is 16.3. The van der Waals surface area contributed by atoms with Gasteiger partial charge in [0, 0.05) is 46.0 Å². The van der Waals surface area contributed by atoms with Gasteiger partial charge in [0.05, 0.1) is 6.26 Å². The lowest BCUT2D eigenvalue weighted by Gasteiger charge is -2.21. The summed E-state index contributed by atoms with van der Waals surface area (Å²) in [5, 5.41) is 0. The van der Waals surface area contributed by atoms with E-state index < -0.39 is 10.0 Å². The highest BCUT2D eigenvalue weighted by atomic mass is 32.2. The Hall–Kier alpha value is -1.11. The molecule has 0 aromatic heterocycles. The second kappa shape index (κ2) is 6.77. The maximum Gasteiger partial charge on any atom is 0.211 e. The van der Waals surface area contributed by atoms with E-state index in [-0.39, 0.29) is 0 Å². The third-order valence-corrected chi connectivity index (χ3v) is 5.15. The zero-order valence-corrected chi connectivity index (χ0v) is 13.9. The van der Waals surface area contributed by atoms with Crippen LogP contribution in [0.5, 0.6) is 0 Å². The van der Waals surface area contributed by atoms with E-state index in [1.54, 1.807) is 4.31 Å². The summed E-state index contributed by atoms with van der Waals surface area (Å²) in [6.45, 7) is 3.83. The van der Waals surface area contributed by atoms with Gasteiger partial charge in [-0.25, -0.2) is 12.7 Å². The number of sulfonamides is 1. The Balaban J connectivity index is 1.99. The second-order valence-corrected chi connectivity index (χ2v) is 7.84. The van der Waals surface area contributed by atoms with Gasteiger partial charge in [-0.15, -0.1) is 0 Å². The van der Waals surface area contributed by atoms with E-state index in [0.717, 1.165) is 26.1 Å². The summed E-state index contributed by atoms with van der Waals surface area (Å²) < 4.78 is 24.8. The molecule has 1 aromatic carbocycles. The Morgan fingerprint density at radius 2 is 1.90 bits per heavy atom. The maximum atomic E-state index is 11.6. The second-order valence-electron chi connectivity index (χ2n) is 5.86. The smallest absolute Gasteiger partial charge is 0.211 e. The molecule has 0 atom stereocenters. The van der Waals surface area contributed by atoms with Crippen LogP contribution in [-0.2, 0) is 16.6 Å². The molecule has 0 saturated carbocycles. The molecule has 0 spiro atoms. The molecule has 21 heavy (non-hydrogen) atoms. The zero-order valence-electron chi connectivity index (χ0n) is 13.1. The highest BCUT2D eigenvalue weighted by molar-refractivity contribution is 7.88. The Labute approximate surface area is 128 Å². The van der Waals surface area contributed by atoms with Gasteiger partial charge in [0.2, 0.25) is 10.0 Å². The van der Waals surface area contributed by atoms with Crippen molar-refractivity contribution >= 4 is 15.7 Å². The minimum Gasteiger partial charge on any atom is -0.378 e. The Bertz CT molecular complexity index is 572. The molecule has 0 bridgehead atoms. The van der Waals surface area contributed by atoms with Gasteiger partial charge < -0.3 is 4.90 Å². The molecule has 1 saturated heterocycles. The average molecular weight is 311 g/mol. The fourth-order valence-corrected chi connectivity index (χ4v) is 3.50. The first-order valence-corrected chi connectivity index (χ1v) is 9.15. The van der Waals surface area contributed by atoms with Crippen molar-refractivity contribution in [1.82, 2.24) is 9.21 Å². The number of nitrogens with zero attached hydrogens (tertiary/aromatic N) is 3. The first-order chi connectivity index (χ1) is 9.86. The summed E-state index contributed by atoms with van der Waals surface area (Å²) in [5.41, 5.74) is 2.47. The molecule has 0 unspecified atom stereocenters. The van der Waals surface area contributed by atoms with Crippen LogP contribution in [0.2, 0.25) is 0 Å². The van der Waals surface area contributed by atoms with Crippen molar-refractivity contribution in [2.75, 3.05) is 51.4 Å². The van der Waals surface area contributed by atoms with E-state index in [1.165, 1.54) is 17.5 Å². The fraction of sp³-hybridized carbons (Fsp3) is 0.600. The minimum absolute atomic E-state index is 0.589. The lowest BCUT2D eigenvalue weighted by Crippen LogP contribution is -2.34. The maximum absolute atomic E-state index is 11.6. The van der Waals surface area contributed by atoms with Gasteiger partial charge >= 0.3 is 0 Å². The molecular formula is C15H25N3O2S. The molecule has 0 radical (unpaired) electrons. The van der Waals surface area contributed by atoms with Gasteiger partial charge in [-0.2, -0.15) is 0 Å². The van der Waals surface area contributed by atoms with Crippen LogP contribution in [0.4, 0.5) is 5.69 Å². The predicted octanol–water partition coefficient (Wildman–Crippen LogP) is 1.22. The summed E-state index contributed by atoms with van der Waals surface area (Å²) in [4.78, 5) is 4.43. The molecule has 1 fully saturated rings. The van der Waals surface area contributed by atoms with Crippen molar-refractivity contribution in [1.29, 1.82) is 0 Å². The Morgan fingerprint density at radius 1 is 1.14 bits per heavy atom. The summed E-state index contributed by atoms with van der Waals surface area (Å²) >= 11 is 0. The summed E-state index contributed by atoms with van der Waals surface area (Å²) in [6.07, 6.45) is 2.18. The molecule has 0 aliphatic carbocycles. The van der Waals surface area contributed by atoms with E-state index in [0.29, 0.717) is 13.1 Å². The van der Waals surface area contributed by atoms with Crippen LogP contribution in [0.25, 0.3) is 0 Å². The normalized spacial score (nSPS) is 18.4. The van der Waals surface area contributed by atoms with Gasteiger partial charge in [0.15, 0.2) is 0 Å². The van der Waals surface area contributed by atoms with Crippen LogP contribution in [-0.4, -0.2) is 64.2 Å². The van der Waals surface area contributed by atoms with Gasteiger partial charge in [-0.05, 0) is 30.7 Å². The predicted molar refractivity (Wildman–Crippen MR) is 87.1 cm³/mol. The molecule has 2 rings (SSSR count). The highest BCUT2D eigenvalue weighted by Crippen LogP contribution is 2.16. The molecular weight excluding hydrogens is 286 g/mol. The van der Waals surface area contributed by atoms with E-state index in [2.05, 4.69) is 34.1 Å². The summed E-state index contributed by atoms with van der Waals surface area (Å²) in [5.74, 6) is 0. The number of hydrogen-bond donors (Lipinski definition) is 0. The van der Waals surface area contributed by atoms with Crippen molar-refractivity contribution in [2.24, 2.45) is 0 Å². The standard InChI is InChI=1S/C15H25N3O2S/c1-16(2)15-7-4-6-14(12-15)13-17-8-5-9-18(11-10-17)21(3,19)20/h4,6-7,12H,5,8-11,13H2,1-3H3. The summed E-state index contributed by atoms with van der Waals surface area (Å²) in [6, 6.07) is 8.49. The third-order valence-electron chi connectivity index (χ3n) is 3.85. The highest BCUT2D eigenvalue weighted by Gasteiger charge is 2.21. The molecule has 1 aromatic rings. The molecule has 5 nitrogen and oxygen atoms in total. The van der Waals surface area contributed by atoms with Gasteiger partial charge in [0.25, 0.3) is 0 Å². The number of rotatable bonds is 4. The number of anilines is 1. The van der Waals surface area contributed by atoms with Crippen LogP contribution < -0.4 is 4.90 Å². The van der Waals surface area contributed by atoms with E-state index in [9.17, 15) is 8.42 Å². The van der Waals surface area contributed by atoms with Gasteiger partial charge in [0.1, 0.15) is 0 Å². The Morgan fingerprint density at radius 3 is 2.57 bits per heavy atom. The molecule has 6 heteroatoms. The van der Waals surface area contributed by atoms with Gasteiger partial charge in [-0.3, -0.25) is 4.90 Å². The number of hydrogen-bond acceptors (Lipinski definition) is 4. The molecule has 1 aliphatic heterocycles. The summed E-state index contributed by atoms with van der Waals surface area (Å²) in [7, 11) is 1.01. The monoisotopic (exact) mass is 311 g/mol. The van der Waals surface area contributed by atoms with Crippen molar-refractivity contribution < 1.29 is 8.42 Å². The SMILES string of the molecule is CN(C)c1cccc(CN2CCCN(S(C)(=O)=O)CC2)c1. The lowest BCUT2D eigenvalue weighted by molar-refractivity contribution is 0.279. The van der Waals surface area contributed by atoms with Crippen molar-refractivity contribution in [3.05, 3.63) is 29.8 Å². The Kier molecular flexibility index (Phi) is 5.24. The molecule has 0 amide bonds. The van der Waals surface area contributed by atoms with Crippen molar-refractivity contribution in [3.63, 3.8) is 0 Å². The van der Waals surface area contributed by atoms with Crippen LogP contribution in [0, 0.1) is 0 Å². The van der Waals surface area contributed by atoms with Crippen LogP contribution in [0.15, 0.2) is 24.3 Å². The first-order valence-electron chi connectivity index (χ1n) is 7.30. The zero-order chi connectivity index (χ0) is 15.5. The van der Waals surface area contributed by atoms with E-state index in [4.69, 9.17) is 0 Å². The molecule has 1 heterocycles. The van der Waals surface area contributed by atoms with Crippen molar-refractivity contribution in [2.45, 2.75) is 13.0 Å². The van der Waals surface area contributed by atoms with Crippen LogP contribution in [0.3, 0.4) is 0 Å². The fourth-order valence-electron chi connectivity index (χ4n) is 2.63. The molecule has 0 N–H and O–H groups in total. The largest absolute Gasteiger partial charge is 0.378 e. The topological polar surface area (TPSA) is 43.9 Å². The van der Waals surface area contributed by atoms with E-state index in [1.807, 2.05) is 14.1 Å². The average Bonchev–Trinajstić information content (AvgIpc) is 2.64. The van der Waals surface area contributed by atoms with Crippen LogP contribution >= 0.6 is 0 Å². The van der Waals surface area contributed by atoms with Crippen LogP contribution in [0.1, 0.15) is 12.0 Å². The quantitative estimate of drug-likeness (QED) is 0.839. The molecule has 1 aliphatic rings. The minimum atomic E-state index is -3.06. The third kappa shape index (κ3) is 4.69. The lowest BCUT2D eigenvalue weighted by atomic mass is 10.1. The number of benzene rings is 1. The van der Waals surface area contributed by atoms with Crippen molar-refractivity contribution in [3.8, 4) is 0 Å². The molecule has 118 valence electrons.